The second kappa shape index (κ2) is 15.8. The van der Waals surface area contributed by atoms with Gasteiger partial charge in [-0.1, -0.05) is 39.3 Å². The Kier molecular flexibility index (Phi) is 11.5. The second-order valence-corrected chi connectivity index (χ2v) is 15.5. The standard InChI is InChI=1S/C29H17Cl2N5O14S4/c30-27-28(31)34-21-8-12(1-5-19(21)33-27)29(38)32-14-2-3-16-13(7-14)9-22(52-50-48-40)24(25(16)37)36-35-20-6-4-17-18(26(20)54(44,45)46)10-15(51-49-47-39)11-23(17)53(41,42)43/h1-11,37,39-40H,(H,32,38)(H,41,42,43)(H,44,45,46). The Labute approximate surface area is 320 Å². The summed E-state index contributed by atoms with van der Waals surface area (Å²) in [6.07, 6.45) is 0. The zero-order valence-corrected chi connectivity index (χ0v) is 30.7. The van der Waals surface area contributed by atoms with E-state index in [-0.39, 0.29) is 59.9 Å². The minimum Gasteiger partial charge on any atom is -0.505 e. The second-order valence-electron chi connectivity index (χ2n) is 10.5. The van der Waals surface area contributed by atoms with E-state index in [9.17, 15) is 35.8 Å². The van der Waals surface area contributed by atoms with Crippen molar-refractivity contribution in [3.63, 3.8) is 0 Å². The summed E-state index contributed by atoms with van der Waals surface area (Å²) in [5, 5.41) is 45.9. The van der Waals surface area contributed by atoms with E-state index in [4.69, 9.17) is 33.7 Å². The molecule has 0 unspecified atom stereocenters. The van der Waals surface area contributed by atoms with Crippen LogP contribution in [0.25, 0.3) is 32.6 Å². The first-order valence-electron chi connectivity index (χ1n) is 14.1. The van der Waals surface area contributed by atoms with Crippen molar-refractivity contribution < 1.29 is 65.1 Å². The maximum atomic E-state index is 13.1. The van der Waals surface area contributed by atoms with Gasteiger partial charge in [-0.05, 0) is 66.0 Å². The molecular formula is C29H17Cl2N5O14S4. The SMILES string of the molecule is O=C(Nc1ccc2c(O)c(N=Nc3ccc4c(S(=O)(=O)O)cc(SOOO)cc4c3S(=O)(=O)O)c(SOOO)cc2c1)c1ccc2nc(Cl)c(Cl)nc2c1. The van der Waals surface area contributed by atoms with Crippen molar-refractivity contribution in [3.8, 4) is 5.75 Å². The number of halogens is 2. The van der Waals surface area contributed by atoms with Crippen molar-refractivity contribution in [2.75, 3.05) is 5.32 Å². The Morgan fingerprint density at radius 3 is 2.13 bits per heavy atom. The largest absolute Gasteiger partial charge is 0.505 e. The van der Waals surface area contributed by atoms with Crippen LogP contribution in [0.1, 0.15) is 10.4 Å². The summed E-state index contributed by atoms with van der Waals surface area (Å²) < 4.78 is 78.6. The van der Waals surface area contributed by atoms with E-state index in [0.717, 1.165) is 24.3 Å². The number of phenolic OH excluding ortho intramolecular Hbond substituents is 1. The molecule has 5 aromatic carbocycles. The number of nitrogens with zero attached hydrogens (tertiary/aromatic N) is 4. The van der Waals surface area contributed by atoms with E-state index in [1.165, 1.54) is 42.5 Å². The van der Waals surface area contributed by atoms with E-state index in [1.807, 2.05) is 0 Å². The molecule has 0 saturated carbocycles. The summed E-state index contributed by atoms with van der Waals surface area (Å²) in [6.45, 7) is 0. The fourth-order valence-corrected chi connectivity index (χ4v) is 7.93. The number of amides is 1. The normalized spacial score (nSPS) is 12.3. The van der Waals surface area contributed by atoms with Gasteiger partial charge in [0.05, 0.1) is 40.0 Å². The van der Waals surface area contributed by atoms with Crippen molar-refractivity contribution in [1.82, 2.24) is 9.97 Å². The quantitative estimate of drug-likeness (QED) is 0.0223. The minimum absolute atomic E-state index is 0.00285. The number of phenols is 1. The molecule has 0 aliphatic rings. The molecule has 54 heavy (non-hydrogen) atoms. The summed E-state index contributed by atoms with van der Waals surface area (Å²) >= 11 is 12.4. The summed E-state index contributed by atoms with van der Waals surface area (Å²) in [6, 6.07) is 14.1. The van der Waals surface area contributed by atoms with Crippen LogP contribution in [-0.4, -0.2) is 57.4 Å². The number of anilines is 1. The Morgan fingerprint density at radius 2 is 1.44 bits per heavy atom. The van der Waals surface area contributed by atoms with Crippen LogP contribution in [0.3, 0.4) is 0 Å². The zero-order chi connectivity index (χ0) is 38.9. The lowest BCUT2D eigenvalue weighted by Crippen LogP contribution is -2.12. The van der Waals surface area contributed by atoms with Crippen LogP contribution in [0.4, 0.5) is 17.1 Å². The summed E-state index contributed by atoms with van der Waals surface area (Å²) in [4.78, 5) is 19.3. The lowest BCUT2D eigenvalue weighted by Gasteiger charge is -2.13. The predicted molar refractivity (Wildman–Crippen MR) is 192 cm³/mol. The first-order chi connectivity index (χ1) is 25.6. The Morgan fingerprint density at radius 1 is 0.759 bits per heavy atom. The topological polar surface area (TPSA) is 286 Å². The van der Waals surface area contributed by atoms with E-state index >= 15 is 0 Å². The van der Waals surface area contributed by atoms with Crippen LogP contribution in [-0.2, 0) is 39.0 Å². The molecule has 25 heteroatoms. The molecule has 1 heterocycles. The lowest BCUT2D eigenvalue weighted by atomic mass is 10.1. The van der Waals surface area contributed by atoms with Gasteiger partial charge < -0.3 is 10.4 Å². The molecule has 0 aliphatic carbocycles. The number of hydrogen-bond donors (Lipinski definition) is 6. The molecule has 0 saturated heterocycles. The molecule has 0 aliphatic heterocycles. The van der Waals surface area contributed by atoms with Crippen LogP contribution in [0.2, 0.25) is 10.3 Å². The number of aromatic hydroxyl groups is 1. The van der Waals surface area contributed by atoms with Gasteiger partial charge in [-0.2, -0.15) is 16.8 Å². The van der Waals surface area contributed by atoms with Crippen LogP contribution >= 0.6 is 47.3 Å². The number of azo groups is 1. The third-order valence-corrected chi connectivity index (χ3v) is 10.9. The Balaban J connectivity index is 1.41. The number of rotatable bonds is 12. The molecular weight excluding hydrogens is 842 g/mol. The molecule has 6 rings (SSSR count). The zero-order valence-electron chi connectivity index (χ0n) is 25.9. The van der Waals surface area contributed by atoms with Crippen LogP contribution in [0.15, 0.2) is 96.5 Å². The van der Waals surface area contributed by atoms with Gasteiger partial charge >= 0.3 is 0 Å². The molecule has 6 aromatic rings. The number of nitrogens with one attached hydrogen (secondary N) is 1. The smallest absolute Gasteiger partial charge is 0.297 e. The van der Waals surface area contributed by atoms with Crippen LogP contribution < -0.4 is 5.32 Å². The van der Waals surface area contributed by atoms with Crippen LogP contribution in [0.5, 0.6) is 5.75 Å². The van der Waals surface area contributed by atoms with Crippen molar-refractivity contribution in [2.45, 2.75) is 19.6 Å². The highest BCUT2D eigenvalue weighted by Crippen LogP contribution is 2.46. The minimum atomic E-state index is -5.24. The molecule has 6 N–H and O–H groups in total. The molecule has 1 aromatic heterocycles. The van der Waals surface area contributed by atoms with Crippen molar-refractivity contribution in [1.29, 1.82) is 0 Å². The number of hydrogen-bond acceptors (Lipinski definition) is 18. The van der Waals surface area contributed by atoms with Gasteiger partial charge in [0, 0.05) is 32.3 Å². The van der Waals surface area contributed by atoms with Gasteiger partial charge in [0.25, 0.3) is 26.1 Å². The predicted octanol–water partition coefficient (Wildman–Crippen LogP) is 7.97. The van der Waals surface area contributed by atoms with E-state index < -0.39 is 52.8 Å². The van der Waals surface area contributed by atoms with E-state index in [2.05, 4.69) is 44.3 Å². The molecule has 0 atom stereocenters. The Bertz CT molecular complexity index is 2760. The number of carbonyl (C=O) groups excluding carboxylic acids is 1. The fourth-order valence-electron chi connectivity index (χ4n) is 5.10. The molecule has 1 amide bonds. The summed E-state index contributed by atoms with van der Waals surface area (Å²) in [5.41, 5.74) is 0.248. The number of carbonyl (C=O) groups is 1. The van der Waals surface area contributed by atoms with E-state index in [0.29, 0.717) is 28.5 Å². The fraction of sp³-hybridized carbons (Fsp3) is 0. The molecule has 0 spiro atoms. The average molecular weight is 859 g/mol. The highest BCUT2D eigenvalue weighted by molar-refractivity contribution is 7.95. The third kappa shape index (κ3) is 8.33. The van der Waals surface area contributed by atoms with Gasteiger partial charge in [0.15, 0.2) is 16.1 Å². The molecule has 0 bridgehead atoms. The number of aromatic nitrogens is 2. The average Bonchev–Trinajstić information content (AvgIpc) is 3.11. The molecule has 0 radical (unpaired) electrons. The molecule has 280 valence electrons. The summed E-state index contributed by atoms with van der Waals surface area (Å²) in [7, 11) is -10.2. The van der Waals surface area contributed by atoms with Crippen molar-refractivity contribution in [3.05, 3.63) is 82.6 Å². The van der Waals surface area contributed by atoms with Gasteiger partial charge in [-0.3, -0.25) is 13.9 Å². The third-order valence-electron chi connectivity index (χ3n) is 7.26. The number of benzene rings is 5. The van der Waals surface area contributed by atoms with Gasteiger partial charge in [-0.25, -0.2) is 20.5 Å². The van der Waals surface area contributed by atoms with E-state index in [1.54, 1.807) is 0 Å². The molecule has 0 fully saturated rings. The monoisotopic (exact) mass is 857 g/mol. The van der Waals surface area contributed by atoms with Gasteiger partial charge in [-0.15, -0.1) is 18.9 Å². The highest BCUT2D eigenvalue weighted by atomic mass is 35.5. The van der Waals surface area contributed by atoms with Crippen molar-refractivity contribution >= 4 is 123 Å². The molecule has 19 nitrogen and oxygen atoms in total. The Hall–Kier alpha value is -4.31. The maximum absolute atomic E-state index is 13.1. The van der Waals surface area contributed by atoms with Gasteiger partial charge in [0.1, 0.15) is 21.2 Å². The van der Waals surface area contributed by atoms with Crippen LogP contribution in [0, 0.1) is 0 Å². The van der Waals surface area contributed by atoms with Gasteiger partial charge in [0.2, 0.25) is 0 Å². The lowest BCUT2D eigenvalue weighted by molar-refractivity contribution is -0.432. The first-order valence-corrected chi connectivity index (χ1v) is 19.2. The first kappa shape index (κ1) is 39.4. The highest BCUT2D eigenvalue weighted by Gasteiger charge is 2.26. The number of fused-ring (bicyclic) bond motifs is 3. The maximum Gasteiger partial charge on any atom is 0.297 e. The summed E-state index contributed by atoms with van der Waals surface area (Å²) in [5.74, 6) is -1.09. The van der Waals surface area contributed by atoms with Crippen molar-refractivity contribution in [2.24, 2.45) is 10.2 Å².